The van der Waals surface area contributed by atoms with Gasteiger partial charge in [0.2, 0.25) is 5.95 Å². The van der Waals surface area contributed by atoms with Crippen molar-refractivity contribution in [3.63, 3.8) is 0 Å². The highest BCUT2D eigenvalue weighted by molar-refractivity contribution is 6.32. The van der Waals surface area contributed by atoms with Gasteiger partial charge in [0, 0.05) is 31.6 Å². The van der Waals surface area contributed by atoms with Crippen LogP contribution in [0.3, 0.4) is 0 Å². The third-order valence-electron chi connectivity index (χ3n) is 7.42. The number of pyridine rings is 1. The number of likely N-dealkylation sites (N-methyl/N-ethyl adjacent to an activating group) is 1. The molecule has 0 unspecified atom stereocenters. The van der Waals surface area contributed by atoms with E-state index in [-0.39, 0.29) is 46.4 Å². The number of piperidine rings is 1. The number of carbonyl (C=O) groups excluding carboxylic acids is 1. The maximum Gasteiger partial charge on any atom is 0.293 e. The second-order valence-corrected chi connectivity index (χ2v) is 10.9. The van der Waals surface area contributed by atoms with Gasteiger partial charge in [-0.1, -0.05) is 11.6 Å². The minimum absolute atomic E-state index is 0.118. The number of fused-ring (bicyclic) bond motifs is 1. The van der Waals surface area contributed by atoms with Crippen molar-refractivity contribution in [2.24, 2.45) is 0 Å². The standard InChI is InChI=1S/C28H34ClFN6O4/c1-16(2)36-22-8-7-21(25(30)19(22)13-23(27(36)38)39-15-24(37)31-3)33-26-20(29)14-32-28(34-26)35-11-9-18(10-12-35)40-17-5-4-6-17/h7-8,13-14,16-18H,4-6,9-12,15H2,1-3H3,(H,31,37)(H,32,33,34). The van der Waals surface area contributed by atoms with E-state index in [1.54, 1.807) is 12.1 Å². The van der Waals surface area contributed by atoms with E-state index in [2.05, 4.69) is 25.5 Å². The normalized spacial score (nSPS) is 16.3. The van der Waals surface area contributed by atoms with Gasteiger partial charge in [-0.3, -0.25) is 9.59 Å². The Morgan fingerprint density at radius 2 is 1.93 bits per heavy atom. The number of aromatic nitrogens is 3. The molecule has 1 aromatic carbocycles. The van der Waals surface area contributed by atoms with Crippen LogP contribution in [0.15, 0.2) is 29.2 Å². The summed E-state index contributed by atoms with van der Waals surface area (Å²) >= 11 is 6.40. The first-order valence-electron chi connectivity index (χ1n) is 13.7. The number of halogens is 2. The Kier molecular flexibility index (Phi) is 8.41. The minimum Gasteiger partial charge on any atom is -0.478 e. The number of ether oxygens (including phenoxy) is 2. The molecular weight excluding hydrogens is 539 g/mol. The minimum atomic E-state index is -0.609. The molecule has 0 radical (unpaired) electrons. The Morgan fingerprint density at radius 1 is 1.20 bits per heavy atom. The van der Waals surface area contributed by atoms with Crippen molar-refractivity contribution in [3.8, 4) is 5.75 Å². The van der Waals surface area contributed by atoms with Crippen LogP contribution in [0.4, 0.5) is 21.8 Å². The van der Waals surface area contributed by atoms with E-state index in [9.17, 15) is 9.59 Å². The van der Waals surface area contributed by atoms with E-state index in [0.717, 1.165) is 38.8 Å². The Balaban J connectivity index is 1.40. The van der Waals surface area contributed by atoms with E-state index in [0.29, 0.717) is 17.6 Å². The van der Waals surface area contributed by atoms with Crippen LogP contribution in [0.5, 0.6) is 5.75 Å². The summed E-state index contributed by atoms with van der Waals surface area (Å²) < 4.78 is 29.0. The van der Waals surface area contributed by atoms with Crippen LogP contribution in [0.25, 0.3) is 10.9 Å². The fourth-order valence-electron chi connectivity index (χ4n) is 4.98. The molecule has 1 saturated heterocycles. The maximum atomic E-state index is 15.9. The average molecular weight is 573 g/mol. The van der Waals surface area contributed by atoms with Crippen LogP contribution in [0.2, 0.25) is 5.02 Å². The van der Waals surface area contributed by atoms with Crippen LogP contribution in [-0.4, -0.2) is 59.4 Å². The largest absolute Gasteiger partial charge is 0.478 e. The van der Waals surface area contributed by atoms with Gasteiger partial charge in [-0.2, -0.15) is 4.98 Å². The van der Waals surface area contributed by atoms with Crippen LogP contribution in [0, 0.1) is 5.82 Å². The van der Waals surface area contributed by atoms with Crippen LogP contribution < -0.4 is 25.8 Å². The van der Waals surface area contributed by atoms with Gasteiger partial charge in [-0.05, 0) is 64.2 Å². The number of nitrogens with one attached hydrogen (secondary N) is 2. The number of carbonyl (C=O) groups is 1. The maximum absolute atomic E-state index is 15.9. The summed E-state index contributed by atoms with van der Waals surface area (Å²) in [6.45, 7) is 4.79. The molecule has 3 aromatic rings. The number of hydrogen-bond acceptors (Lipinski definition) is 8. The number of nitrogens with zero attached hydrogens (tertiary/aromatic N) is 4. The molecule has 2 fully saturated rings. The fraction of sp³-hybridized carbons (Fsp3) is 0.500. The Bertz CT molecular complexity index is 1450. The quantitative estimate of drug-likeness (QED) is 0.384. The van der Waals surface area contributed by atoms with Crippen molar-refractivity contribution in [2.45, 2.75) is 64.2 Å². The molecule has 1 amide bonds. The zero-order chi connectivity index (χ0) is 28.4. The molecule has 0 bridgehead atoms. The van der Waals surface area contributed by atoms with Gasteiger partial charge < -0.3 is 29.6 Å². The van der Waals surface area contributed by atoms with Gasteiger partial charge in [0.05, 0.1) is 29.6 Å². The summed E-state index contributed by atoms with van der Waals surface area (Å²) in [6.07, 6.45) is 7.51. The molecule has 3 heterocycles. The summed E-state index contributed by atoms with van der Waals surface area (Å²) in [6, 6.07) is 4.25. The number of hydrogen-bond donors (Lipinski definition) is 2. The van der Waals surface area contributed by atoms with E-state index in [4.69, 9.17) is 21.1 Å². The van der Waals surface area contributed by atoms with Crippen LogP contribution in [0.1, 0.15) is 52.0 Å². The summed E-state index contributed by atoms with van der Waals surface area (Å²) in [4.78, 5) is 35.8. The van der Waals surface area contributed by atoms with E-state index < -0.39 is 17.3 Å². The van der Waals surface area contributed by atoms with Crippen molar-refractivity contribution in [3.05, 3.63) is 45.6 Å². The first-order chi connectivity index (χ1) is 19.2. The highest BCUT2D eigenvalue weighted by atomic mass is 35.5. The van der Waals surface area contributed by atoms with Crippen LogP contribution >= 0.6 is 11.6 Å². The lowest BCUT2D eigenvalue weighted by Crippen LogP contribution is -2.40. The first-order valence-corrected chi connectivity index (χ1v) is 14.0. The molecule has 1 aliphatic carbocycles. The second-order valence-electron chi connectivity index (χ2n) is 10.5. The zero-order valence-electron chi connectivity index (χ0n) is 22.9. The van der Waals surface area contributed by atoms with Gasteiger partial charge in [0.25, 0.3) is 11.5 Å². The van der Waals surface area contributed by atoms with Crippen molar-refractivity contribution < 1.29 is 18.7 Å². The average Bonchev–Trinajstić information content (AvgIpc) is 2.92. The molecule has 214 valence electrons. The molecule has 10 nitrogen and oxygen atoms in total. The van der Waals surface area contributed by atoms with Crippen molar-refractivity contribution in [1.29, 1.82) is 0 Å². The predicted molar refractivity (Wildman–Crippen MR) is 152 cm³/mol. The number of benzene rings is 1. The summed E-state index contributed by atoms with van der Waals surface area (Å²) in [5.74, 6) is -0.356. The smallest absolute Gasteiger partial charge is 0.293 e. The molecule has 2 aromatic heterocycles. The molecule has 2 N–H and O–H groups in total. The lowest BCUT2D eigenvalue weighted by Gasteiger charge is -2.36. The Labute approximate surface area is 236 Å². The van der Waals surface area contributed by atoms with Crippen LogP contribution in [-0.2, 0) is 9.53 Å². The van der Waals surface area contributed by atoms with Gasteiger partial charge in [0.15, 0.2) is 24.0 Å². The lowest BCUT2D eigenvalue weighted by atomic mass is 9.95. The molecular formula is C28H34ClFN6O4. The summed E-state index contributed by atoms with van der Waals surface area (Å²) in [5, 5.41) is 5.84. The number of rotatable bonds is 9. The zero-order valence-corrected chi connectivity index (χ0v) is 23.6. The molecule has 1 saturated carbocycles. The molecule has 2 aliphatic rings. The van der Waals surface area contributed by atoms with E-state index in [1.807, 2.05) is 13.8 Å². The number of anilines is 3. The van der Waals surface area contributed by atoms with E-state index in [1.165, 1.54) is 30.3 Å². The van der Waals surface area contributed by atoms with Gasteiger partial charge in [-0.15, -0.1) is 0 Å². The molecule has 0 spiro atoms. The fourth-order valence-corrected chi connectivity index (χ4v) is 5.11. The first kappa shape index (κ1) is 28.1. The molecule has 40 heavy (non-hydrogen) atoms. The Morgan fingerprint density at radius 3 is 2.58 bits per heavy atom. The summed E-state index contributed by atoms with van der Waals surface area (Å²) in [7, 11) is 1.46. The van der Waals surface area contributed by atoms with Gasteiger partial charge >= 0.3 is 0 Å². The summed E-state index contributed by atoms with van der Waals surface area (Å²) in [5.41, 5.74) is 0.0755. The van der Waals surface area contributed by atoms with Crippen molar-refractivity contribution in [1.82, 2.24) is 19.9 Å². The third-order valence-corrected chi connectivity index (χ3v) is 7.70. The molecule has 1 aliphatic heterocycles. The lowest BCUT2D eigenvalue weighted by molar-refractivity contribution is -0.122. The highest BCUT2D eigenvalue weighted by Gasteiger charge is 2.27. The highest BCUT2D eigenvalue weighted by Crippen LogP contribution is 2.32. The van der Waals surface area contributed by atoms with Crippen molar-refractivity contribution in [2.75, 3.05) is 37.0 Å². The molecule has 0 atom stereocenters. The van der Waals surface area contributed by atoms with E-state index >= 15 is 4.39 Å². The topological polar surface area (TPSA) is 111 Å². The second kappa shape index (κ2) is 12.0. The third kappa shape index (κ3) is 5.85. The predicted octanol–water partition coefficient (Wildman–Crippen LogP) is 4.57. The van der Waals surface area contributed by atoms with Gasteiger partial charge in [-0.25, -0.2) is 9.37 Å². The van der Waals surface area contributed by atoms with Gasteiger partial charge in [0.1, 0.15) is 5.02 Å². The molecule has 5 rings (SSSR count). The van der Waals surface area contributed by atoms with Crippen molar-refractivity contribution >= 4 is 45.9 Å². The molecule has 12 heteroatoms. The SMILES string of the molecule is CNC(=O)COc1cc2c(F)c(Nc3nc(N4CCC(OC5CCC5)CC4)ncc3Cl)ccc2n(C(C)C)c1=O. The number of amides is 1. The Hall–Kier alpha value is -3.44. The monoisotopic (exact) mass is 572 g/mol.